The van der Waals surface area contributed by atoms with E-state index in [0.29, 0.717) is 21.9 Å². The molecule has 0 saturated carbocycles. The molecule has 0 aliphatic rings. The van der Waals surface area contributed by atoms with Crippen molar-refractivity contribution in [3.63, 3.8) is 0 Å². The molecule has 0 amide bonds. The van der Waals surface area contributed by atoms with Crippen LogP contribution in [0.15, 0.2) is 63.2 Å². The van der Waals surface area contributed by atoms with Gasteiger partial charge in [-0.15, -0.1) is 22.7 Å². The number of halogens is 3. The first-order valence-corrected chi connectivity index (χ1v) is 11.0. The molecular formula is C21H12F3N4O3S2+. The van der Waals surface area contributed by atoms with E-state index in [1.54, 1.807) is 47.8 Å². The van der Waals surface area contributed by atoms with Crippen LogP contribution in [0.4, 0.5) is 18.9 Å². The summed E-state index contributed by atoms with van der Waals surface area (Å²) < 4.78 is 47.7. The number of anilines is 1. The molecule has 166 valence electrons. The number of benzene rings is 1. The Hall–Kier alpha value is -3.77. The SMILES string of the molecule is Nc1c(C(=O)c2c(=O)o[nH][n+]2-c2ccccc2)sc2nc(-c3cccs3)cc(C(F)(F)F)c12. The molecule has 0 spiro atoms. The largest absolute Gasteiger partial charge is 0.439 e. The van der Waals surface area contributed by atoms with Crippen LogP contribution in [0.3, 0.4) is 0 Å². The van der Waals surface area contributed by atoms with Crippen LogP contribution in [-0.4, -0.2) is 16.0 Å². The summed E-state index contributed by atoms with van der Waals surface area (Å²) in [6, 6.07) is 12.6. The van der Waals surface area contributed by atoms with Crippen molar-refractivity contribution in [2.45, 2.75) is 6.18 Å². The second-order valence-corrected chi connectivity index (χ2v) is 8.83. The van der Waals surface area contributed by atoms with Gasteiger partial charge in [-0.1, -0.05) is 24.3 Å². The van der Waals surface area contributed by atoms with E-state index in [4.69, 9.17) is 10.3 Å². The Morgan fingerprint density at radius 2 is 1.91 bits per heavy atom. The number of aromatic nitrogens is 3. The molecular weight excluding hydrogens is 477 g/mol. The zero-order valence-corrected chi connectivity index (χ0v) is 18.0. The summed E-state index contributed by atoms with van der Waals surface area (Å²) in [5, 5.41) is 3.68. The van der Waals surface area contributed by atoms with Gasteiger partial charge in [0.2, 0.25) is 5.69 Å². The number of para-hydroxylation sites is 1. The van der Waals surface area contributed by atoms with Gasteiger partial charge in [0.1, 0.15) is 9.71 Å². The van der Waals surface area contributed by atoms with Gasteiger partial charge in [-0.05, 0) is 27.5 Å². The number of nitrogen functional groups attached to an aromatic ring is 1. The van der Waals surface area contributed by atoms with Crippen LogP contribution in [-0.2, 0) is 6.18 Å². The number of fused-ring (bicyclic) bond motifs is 1. The first kappa shape index (κ1) is 21.1. The highest BCUT2D eigenvalue weighted by molar-refractivity contribution is 7.21. The second-order valence-electron chi connectivity index (χ2n) is 6.88. The molecule has 0 radical (unpaired) electrons. The molecule has 4 heterocycles. The summed E-state index contributed by atoms with van der Waals surface area (Å²) in [4.78, 5) is 30.2. The summed E-state index contributed by atoms with van der Waals surface area (Å²) in [7, 11) is 0. The number of carbonyl (C=O) groups is 1. The van der Waals surface area contributed by atoms with Gasteiger partial charge in [-0.25, -0.2) is 9.78 Å². The molecule has 0 fully saturated rings. The highest BCUT2D eigenvalue weighted by atomic mass is 32.1. The molecule has 4 aromatic heterocycles. The number of aromatic amines is 1. The Morgan fingerprint density at radius 1 is 1.15 bits per heavy atom. The van der Waals surface area contributed by atoms with Crippen LogP contribution in [0.25, 0.3) is 26.5 Å². The highest BCUT2D eigenvalue weighted by Gasteiger charge is 2.39. The minimum Gasteiger partial charge on any atom is -0.397 e. The molecule has 1 aromatic carbocycles. The predicted octanol–water partition coefficient (Wildman–Crippen LogP) is 4.41. The van der Waals surface area contributed by atoms with Gasteiger partial charge in [0, 0.05) is 17.5 Å². The number of nitrogens with zero attached hydrogens (tertiary/aromatic N) is 2. The maximum Gasteiger partial charge on any atom is 0.439 e. The molecule has 12 heteroatoms. The lowest BCUT2D eigenvalue weighted by Crippen LogP contribution is -2.41. The van der Waals surface area contributed by atoms with Gasteiger partial charge in [0.15, 0.2) is 0 Å². The predicted molar refractivity (Wildman–Crippen MR) is 117 cm³/mol. The van der Waals surface area contributed by atoms with Gasteiger partial charge in [0.25, 0.3) is 5.78 Å². The van der Waals surface area contributed by atoms with Gasteiger partial charge in [-0.3, -0.25) is 9.32 Å². The number of ketones is 1. The fourth-order valence-electron chi connectivity index (χ4n) is 3.40. The smallest absolute Gasteiger partial charge is 0.397 e. The second kappa shape index (κ2) is 7.67. The summed E-state index contributed by atoms with van der Waals surface area (Å²) in [6.07, 6.45) is -4.74. The lowest BCUT2D eigenvalue weighted by molar-refractivity contribution is -0.672. The number of rotatable bonds is 4. The summed E-state index contributed by atoms with van der Waals surface area (Å²) in [5.41, 5.74) is 3.79. The molecule has 3 N–H and O–H groups in total. The molecule has 5 aromatic rings. The summed E-state index contributed by atoms with van der Waals surface area (Å²) in [6.45, 7) is 0. The minimum absolute atomic E-state index is 0.0553. The number of nitrogens with one attached hydrogen (secondary N) is 1. The Morgan fingerprint density at radius 3 is 2.58 bits per heavy atom. The van der Waals surface area contributed by atoms with E-state index in [1.807, 2.05) is 0 Å². The lowest BCUT2D eigenvalue weighted by atomic mass is 10.1. The van der Waals surface area contributed by atoms with Crippen molar-refractivity contribution < 1.29 is 27.2 Å². The minimum atomic E-state index is -4.74. The van der Waals surface area contributed by atoms with E-state index in [0.717, 1.165) is 10.7 Å². The first-order chi connectivity index (χ1) is 15.8. The van der Waals surface area contributed by atoms with Crippen LogP contribution in [0.2, 0.25) is 0 Å². The standard InChI is InChI=1S/C21H11F3N4O3S2/c22-21(23,24)11-9-12(13-7-4-8-32-13)26-19-14(11)15(25)18(33-19)17(29)16-20(30)31-27-28(16)10-5-2-1-3-6-10/h1-9H,(H2-,25,27,29,30)/p+1. The quantitative estimate of drug-likeness (QED) is 0.287. The van der Waals surface area contributed by atoms with Crippen molar-refractivity contribution in [3.05, 3.63) is 80.5 Å². The number of H-pyrrole nitrogens is 1. The molecule has 0 unspecified atom stereocenters. The highest BCUT2D eigenvalue weighted by Crippen LogP contribution is 2.44. The Labute approximate surface area is 190 Å². The van der Waals surface area contributed by atoms with Gasteiger partial charge in [0.05, 0.1) is 21.8 Å². The number of carbonyl (C=O) groups excluding carboxylic acids is 1. The average molecular weight is 489 g/mol. The van der Waals surface area contributed by atoms with Crippen LogP contribution >= 0.6 is 22.7 Å². The van der Waals surface area contributed by atoms with E-state index in [-0.39, 0.29) is 20.8 Å². The van der Waals surface area contributed by atoms with Crippen molar-refractivity contribution >= 4 is 44.4 Å². The van der Waals surface area contributed by atoms with E-state index in [1.165, 1.54) is 11.3 Å². The van der Waals surface area contributed by atoms with Crippen molar-refractivity contribution in [2.24, 2.45) is 0 Å². The fourth-order valence-corrected chi connectivity index (χ4v) is 5.14. The monoisotopic (exact) mass is 489 g/mol. The third-order valence-electron chi connectivity index (χ3n) is 4.86. The number of pyridine rings is 1. The van der Waals surface area contributed by atoms with E-state index in [2.05, 4.69) is 10.3 Å². The van der Waals surface area contributed by atoms with Crippen molar-refractivity contribution in [2.75, 3.05) is 5.73 Å². The Kier molecular flexibility index (Phi) is 4.91. The van der Waals surface area contributed by atoms with Gasteiger partial charge in [-0.2, -0.15) is 13.2 Å². The molecule has 33 heavy (non-hydrogen) atoms. The zero-order valence-electron chi connectivity index (χ0n) is 16.3. The average Bonchev–Trinajstić information content (AvgIpc) is 3.52. The Balaban J connectivity index is 1.73. The third kappa shape index (κ3) is 3.52. The maximum absolute atomic E-state index is 13.9. The number of nitrogens with two attached hydrogens (primary N) is 1. The van der Waals surface area contributed by atoms with Gasteiger partial charge < -0.3 is 5.73 Å². The van der Waals surface area contributed by atoms with Crippen molar-refractivity contribution in [3.8, 4) is 16.3 Å². The molecule has 0 saturated heterocycles. The number of hydrogen-bond donors (Lipinski definition) is 2. The third-order valence-corrected chi connectivity index (χ3v) is 6.85. The number of alkyl halides is 3. The normalized spacial score (nSPS) is 11.8. The Bertz CT molecular complexity index is 1550. The molecule has 7 nitrogen and oxygen atoms in total. The van der Waals surface area contributed by atoms with E-state index in [9.17, 15) is 22.8 Å². The number of hydrogen-bond acceptors (Lipinski definition) is 7. The molecule has 0 atom stereocenters. The van der Waals surface area contributed by atoms with Crippen molar-refractivity contribution in [1.29, 1.82) is 0 Å². The van der Waals surface area contributed by atoms with E-state index < -0.39 is 34.5 Å². The molecule has 0 aliphatic carbocycles. The molecule has 5 rings (SSSR count). The van der Waals surface area contributed by atoms with Crippen LogP contribution in [0.5, 0.6) is 0 Å². The lowest BCUT2D eigenvalue weighted by Gasteiger charge is -2.10. The topological polar surface area (TPSA) is 106 Å². The number of thiophene rings is 2. The summed E-state index contributed by atoms with van der Waals surface area (Å²) >= 11 is 1.93. The summed E-state index contributed by atoms with van der Waals surface area (Å²) in [5.74, 6) is -0.875. The van der Waals surface area contributed by atoms with E-state index >= 15 is 0 Å². The maximum atomic E-state index is 13.9. The molecule has 0 aliphatic heterocycles. The van der Waals surface area contributed by atoms with Crippen molar-refractivity contribution in [1.82, 2.24) is 10.3 Å². The van der Waals surface area contributed by atoms with Crippen LogP contribution in [0.1, 0.15) is 20.9 Å². The molecule has 0 bridgehead atoms. The van der Waals surface area contributed by atoms with Gasteiger partial charge >= 0.3 is 17.5 Å². The first-order valence-electron chi connectivity index (χ1n) is 9.33. The van der Waals surface area contributed by atoms with Crippen LogP contribution < -0.4 is 16.0 Å². The van der Waals surface area contributed by atoms with Crippen LogP contribution in [0, 0.1) is 0 Å². The zero-order chi connectivity index (χ0) is 23.3. The fraction of sp³-hybridized carbons (Fsp3) is 0.0476.